The average Bonchev–Trinajstić information content (AvgIpc) is 2.85. The summed E-state index contributed by atoms with van der Waals surface area (Å²) < 4.78 is 18.1. The number of para-hydroxylation sites is 1. The molecule has 1 aliphatic heterocycles. The Morgan fingerprint density at radius 2 is 1.73 bits per heavy atom. The van der Waals surface area contributed by atoms with Crippen LogP contribution in [0, 0.1) is 0 Å². The Kier molecular flexibility index (Phi) is 10.2. The number of benzene rings is 2. The monoisotopic (exact) mass is 552 g/mol. The Hall–Kier alpha value is -2.81. The lowest BCUT2D eigenvalue weighted by Gasteiger charge is -2.44. The Balaban J connectivity index is 1.82. The van der Waals surface area contributed by atoms with E-state index in [1.165, 1.54) is 0 Å². The van der Waals surface area contributed by atoms with Crippen molar-refractivity contribution in [1.29, 1.82) is 0 Å². The number of carboxylic acids is 2. The van der Waals surface area contributed by atoms with Gasteiger partial charge in [-0.25, -0.2) is 0 Å². The Bertz CT molecular complexity index is 1120. The van der Waals surface area contributed by atoms with E-state index in [-0.39, 0.29) is 44.7 Å². The van der Waals surface area contributed by atoms with Crippen LogP contribution in [0.3, 0.4) is 0 Å². The lowest BCUT2D eigenvalue weighted by molar-refractivity contribution is -0.143. The molecule has 0 bridgehead atoms. The van der Waals surface area contributed by atoms with E-state index in [4.69, 9.17) is 37.4 Å². The predicted molar refractivity (Wildman–Crippen MR) is 138 cm³/mol. The van der Waals surface area contributed by atoms with Gasteiger partial charge in [0.1, 0.15) is 17.1 Å². The Labute approximate surface area is 225 Å². The fraction of sp³-hybridized carbons (Fsp3) is 0.444. The number of hydrogen-bond donors (Lipinski definition) is 2. The van der Waals surface area contributed by atoms with Crippen molar-refractivity contribution < 1.29 is 38.8 Å². The Morgan fingerprint density at radius 3 is 2.35 bits per heavy atom. The summed E-state index contributed by atoms with van der Waals surface area (Å²) in [7, 11) is 0. The van der Waals surface area contributed by atoms with Gasteiger partial charge >= 0.3 is 11.9 Å². The maximum atomic E-state index is 13.7. The molecule has 1 aliphatic rings. The first kappa shape index (κ1) is 28.8. The van der Waals surface area contributed by atoms with Gasteiger partial charge in [-0.2, -0.15) is 0 Å². The number of carboxylic acid groups (broad SMARTS) is 2. The van der Waals surface area contributed by atoms with Gasteiger partial charge in [-0.15, -0.1) is 0 Å². The van der Waals surface area contributed by atoms with E-state index in [2.05, 4.69) is 0 Å². The molecule has 2 N–H and O–H groups in total. The van der Waals surface area contributed by atoms with Crippen LogP contribution in [0.1, 0.15) is 61.4 Å². The number of ketones is 1. The minimum absolute atomic E-state index is 0.0777. The van der Waals surface area contributed by atoms with E-state index in [0.717, 1.165) is 12.0 Å². The number of hydrogen-bond acceptors (Lipinski definition) is 6. The third-order valence-electron chi connectivity index (χ3n) is 6.16. The molecule has 0 saturated heterocycles. The van der Waals surface area contributed by atoms with Gasteiger partial charge in [-0.1, -0.05) is 48.7 Å². The van der Waals surface area contributed by atoms with Crippen molar-refractivity contribution in [2.24, 2.45) is 0 Å². The van der Waals surface area contributed by atoms with Gasteiger partial charge in [0, 0.05) is 38.2 Å². The first-order valence-corrected chi connectivity index (χ1v) is 12.9. The van der Waals surface area contributed by atoms with E-state index >= 15 is 0 Å². The largest absolute Gasteiger partial charge is 0.493 e. The summed E-state index contributed by atoms with van der Waals surface area (Å²) >= 11 is 11.9. The minimum Gasteiger partial charge on any atom is -0.493 e. The molecular weight excluding hydrogens is 523 g/mol. The van der Waals surface area contributed by atoms with E-state index in [1.54, 1.807) is 30.3 Å². The van der Waals surface area contributed by atoms with Crippen LogP contribution in [0.25, 0.3) is 0 Å². The number of carbonyl (C=O) groups is 3. The SMILES string of the molecule is CCCc1cccc2c1OC(CCC(=O)O)(CCC(=O)O)C(OCCCOc1ccc(Cl)c(Cl)c1)C2=O. The smallest absolute Gasteiger partial charge is 0.303 e. The molecule has 200 valence electrons. The van der Waals surface area contributed by atoms with E-state index < -0.39 is 23.6 Å². The van der Waals surface area contributed by atoms with E-state index in [9.17, 15) is 24.6 Å². The normalized spacial score (nSPS) is 16.1. The Morgan fingerprint density at radius 1 is 1.03 bits per heavy atom. The number of fused-ring (bicyclic) bond motifs is 1. The maximum Gasteiger partial charge on any atom is 0.303 e. The van der Waals surface area contributed by atoms with Gasteiger partial charge in [-0.05, 0) is 30.2 Å². The first-order valence-electron chi connectivity index (χ1n) is 12.1. The molecule has 0 saturated carbocycles. The van der Waals surface area contributed by atoms with Crippen molar-refractivity contribution in [3.63, 3.8) is 0 Å². The van der Waals surface area contributed by atoms with Crippen LogP contribution in [-0.4, -0.2) is 52.9 Å². The predicted octanol–water partition coefficient (Wildman–Crippen LogP) is 5.84. The highest BCUT2D eigenvalue weighted by Crippen LogP contribution is 2.42. The number of carbonyl (C=O) groups excluding carboxylic acids is 1. The molecule has 0 radical (unpaired) electrons. The molecule has 3 rings (SSSR count). The zero-order chi connectivity index (χ0) is 27.0. The molecule has 2 aromatic carbocycles. The lowest BCUT2D eigenvalue weighted by Crippen LogP contribution is -2.56. The minimum atomic E-state index is -1.44. The molecule has 0 spiro atoms. The van der Waals surface area contributed by atoms with Crippen LogP contribution in [-0.2, 0) is 20.7 Å². The average molecular weight is 553 g/mol. The summed E-state index contributed by atoms with van der Waals surface area (Å²) in [4.78, 5) is 36.6. The highest BCUT2D eigenvalue weighted by atomic mass is 35.5. The third-order valence-corrected chi connectivity index (χ3v) is 6.90. The van der Waals surface area contributed by atoms with E-state index in [0.29, 0.717) is 39.9 Å². The molecule has 8 nitrogen and oxygen atoms in total. The fourth-order valence-corrected chi connectivity index (χ4v) is 4.66. The zero-order valence-electron chi connectivity index (χ0n) is 20.5. The zero-order valence-corrected chi connectivity index (χ0v) is 22.0. The number of Topliss-reactive ketones (excluding diaryl/α,β-unsaturated/α-hetero) is 1. The molecule has 0 fully saturated rings. The van der Waals surface area contributed by atoms with Crippen LogP contribution in [0.5, 0.6) is 11.5 Å². The number of ether oxygens (including phenoxy) is 3. The summed E-state index contributed by atoms with van der Waals surface area (Å²) in [5, 5.41) is 19.5. The molecule has 2 aromatic rings. The molecule has 0 aromatic heterocycles. The lowest BCUT2D eigenvalue weighted by atomic mass is 9.79. The number of rotatable bonds is 14. The van der Waals surface area contributed by atoms with Gasteiger partial charge in [-0.3, -0.25) is 14.4 Å². The first-order chi connectivity index (χ1) is 17.7. The molecule has 0 amide bonds. The summed E-state index contributed by atoms with van der Waals surface area (Å²) in [5.74, 6) is -1.59. The second-order valence-corrected chi connectivity index (χ2v) is 9.71. The molecular formula is C27H30Cl2O8. The molecule has 1 unspecified atom stereocenters. The molecule has 0 aliphatic carbocycles. The summed E-state index contributed by atoms with van der Waals surface area (Å²) in [5.41, 5.74) is -0.268. The molecule has 1 atom stereocenters. The van der Waals surface area contributed by atoms with Gasteiger partial charge < -0.3 is 24.4 Å². The molecule has 10 heteroatoms. The molecule has 1 heterocycles. The van der Waals surface area contributed by atoms with Crippen LogP contribution < -0.4 is 9.47 Å². The number of aliphatic carboxylic acids is 2. The van der Waals surface area contributed by atoms with Crippen LogP contribution >= 0.6 is 23.2 Å². The molecule has 37 heavy (non-hydrogen) atoms. The maximum absolute atomic E-state index is 13.7. The summed E-state index contributed by atoms with van der Waals surface area (Å²) in [6, 6.07) is 10.2. The van der Waals surface area contributed by atoms with Gasteiger partial charge in [0.2, 0.25) is 0 Å². The topological polar surface area (TPSA) is 119 Å². The van der Waals surface area contributed by atoms with Crippen molar-refractivity contribution in [2.45, 2.75) is 63.6 Å². The summed E-state index contributed by atoms with van der Waals surface area (Å²) in [6.07, 6.45) is -0.0679. The van der Waals surface area contributed by atoms with Crippen molar-refractivity contribution in [3.05, 3.63) is 57.6 Å². The van der Waals surface area contributed by atoms with Crippen molar-refractivity contribution in [1.82, 2.24) is 0 Å². The number of aryl methyl sites for hydroxylation is 1. The highest BCUT2D eigenvalue weighted by molar-refractivity contribution is 6.42. The summed E-state index contributed by atoms with van der Waals surface area (Å²) in [6.45, 7) is 2.36. The van der Waals surface area contributed by atoms with Gasteiger partial charge in [0.05, 0.1) is 28.8 Å². The third kappa shape index (κ3) is 7.37. The quantitative estimate of drug-likeness (QED) is 0.280. The van der Waals surface area contributed by atoms with Gasteiger partial charge in [0.15, 0.2) is 11.9 Å². The van der Waals surface area contributed by atoms with Crippen molar-refractivity contribution in [3.8, 4) is 11.5 Å². The standard InChI is InChI=1S/C27H30Cl2O8/c1-2-5-17-6-3-7-19-24(34)26(36-15-4-14-35-18-8-9-20(28)21(29)16-18)27(37-25(17)19,12-10-22(30)31)13-11-23(32)33/h3,6-9,16,26H,2,4-5,10-15H2,1H3,(H,30,31)(H,32,33). The van der Waals surface area contributed by atoms with Crippen LogP contribution in [0.2, 0.25) is 10.0 Å². The second-order valence-electron chi connectivity index (χ2n) is 8.89. The van der Waals surface area contributed by atoms with Crippen LogP contribution in [0.4, 0.5) is 0 Å². The number of halogens is 2. The van der Waals surface area contributed by atoms with Crippen molar-refractivity contribution >= 4 is 40.9 Å². The van der Waals surface area contributed by atoms with E-state index in [1.807, 2.05) is 13.0 Å². The van der Waals surface area contributed by atoms with Crippen LogP contribution in [0.15, 0.2) is 36.4 Å². The van der Waals surface area contributed by atoms with Crippen molar-refractivity contribution in [2.75, 3.05) is 13.2 Å². The second kappa shape index (κ2) is 13.1. The fourth-order valence-electron chi connectivity index (χ4n) is 4.37. The van der Waals surface area contributed by atoms with Gasteiger partial charge in [0.25, 0.3) is 0 Å². The highest BCUT2D eigenvalue weighted by Gasteiger charge is 2.51.